The van der Waals surface area contributed by atoms with Crippen LogP contribution in [0.4, 0.5) is 5.69 Å². The Kier molecular flexibility index (Phi) is 42.8. The van der Waals surface area contributed by atoms with Crippen molar-refractivity contribution in [2.45, 2.75) is 179 Å². The van der Waals surface area contributed by atoms with Gasteiger partial charge in [0.15, 0.2) is 0 Å². The van der Waals surface area contributed by atoms with Gasteiger partial charge in [0.2, 0.25) is 17.4 Å². The first-order valence-corrected chi connectivity index (χ1v) is 30.6. The number of hydrogen-bond donors (Lipinski definition) is 2. The number of aromatic amines is 1. The third-order valence-electron chi connectivity index (χ3n) is 13.5. The molecule has 2 aliphatic rings. The monoisotopic (exact) mass is 1170 g/mol. The fourth-order valence-electron chi connectivity index (χ4n) is 8.24. The molecule has 85 heavy (non-hydrogen) atoms. The Morgan fingerprint density at radius 1 is 0.659 bits per heavy atom. The molecule has 15 heteroatoms. The van der Waals surface area contributed by atoms with Gasteiger partial charge in [-0.1, -0.05) is 130 Å². The lowest BCUT2D eigenvalue weighted by molar-refractivity contribution is -0.132. The van der Waals surface area contributed by atoms with E-state index in [1.807, 2.05) is 110 Å². The van der Waals surface area contributed by atoms with Crippen molar-refractivity contribution in [3.63, 3.8) is 0 Å². The Morgan fingerprint density at radius 2 is 1.29 bits per heavy atom. The fourth-order valence-corrected chi connectivity index (χ4v) is 8.24. The van der Waals surface area contributed by atoms with Crippen LogP contribution >= 0.6 is 0 Å². The van der Waals surface area contributed by atoms with E-state index >= 15 is 0 Å². The largest absolute Gasteiger partial charge is 0.472 e. The number of amides is 2. The molecule has 0 radical (unpaired) electrons. The SMILES string of the molecule is CCC1CCCC1.CCCC(=O)N1CCCCC1.CCc1cccc(C(=O)OC)c1.CCc1cccc(C(=O)OC)n1.CCc1cccc(NC(C)=O)c1.CCc1ccccn1.CCc1ccoc1.CCc1cnc[nH]1.CCn1ccccc1=O. The average molecular weight is 1170 g/mol. The molecule has 5 aromatic heterocycles. The van der Waals surface area contributed by atoms with Gasteiger partial charge in [0.1, 0.15) is 5.69 Å². The first-order chi connectivity index (χ1) is 41.2. The van der Waals surface area contributed by atoms with Crippen LogP contribution in [-0.4, -0.2) is 80.5 Å². The van der Waals surface area contributed by atoms with Crippen molar-refractivity contribution >= 4 is 29.4 Å². The highest BCUT2D eigenvalue weighted by Gasteiger charge is 2.15. The maximum absolute atomic E-state index is 11.3. The fraction of sp³-hybridized carbons (Fsp3) is 0.457. The first-order valence-electron chi connectivity index (χ1n) is 30.6. The summed E-state index contributed by atoms with van der Waals surface area (Å²) in [5.74, 6) is 0.769. The van der Waals surface area contributed by atoms with Crippen molar-refractivity contribution in [2.75, 3.05) is 32.6 Å². The molecule has 6 heterocycles. The molecule has 0 atom stereocenters. The van der Waals surface area contributed by atoms with Gasteiger partial charge < -0.3 is 33.7 Å². The molecular formula is C70H101N7O8. The van der Waals surface area contributed by atoms with Gasteiger partial charge in [0.05, 0.1) is 38.6 Å². The number of H-pyrrole nitrogens is 1. The van der Waals surface area contributed by atoms with E-state index in [-0.39, 0.29) is 23.4 Å². The van der Waals surface area contributed by atoms with Crippen LogP contribution in [-0.2, 0) is 64.1 Å². The number of benzene rings is 2. The summed E-state index contributed by atoms with van der Waals surface area (Å²) in [5, 5.41) is 2.74. The number of likely N-dealkylation sites (tertiary alicyclic amines) is 1. The Labute approximate surface area is 508 Å². The van der Waals surface area contributed by atoms with Gasteiger partial charge in [-0.25, -0.2) is 19.6 Å². The van der Waals surface area contributed by atoms with Crippen LogP contribution < -0.4 is 10.9 Å². The minimum atomic E-state index is -0.384. The van der Waals surface area contributed by atoms with Crippen LogP contribution in [0.25, 0.3) is 0 Å². The van der Waals surface area contributed by atoms with Gasteiger partial charge in [0, 0.05) is 80.4 Å². The molecule has 15 nitrogen and oxygen atoms in total. The number of anilines is 1. The molecule has 1 aliphatic heterocycles. The van der Waals surface area contributed by atoms with Crippen LogP contribution in [0.15, 0.2) is 156 Å². The molecular weight excluding hydrogens is 1070 g/mol. The normalized spacial score (nSPS) is 11.7. The number of nitrogens with one attached hydrogen (secondary N) is 2. The number of carbonyl (C=O) groups excluding carboxylic acids is 4. The van der Waals surface area contributed by atoms with Gasteiger partial charge >= 0.3 is 11.9 Å². The minimum absolute atomic E-state index is 0.0248. The van der Waals surface area contributed by atoms with E-state index in [0.29, 0.717) is 17.2 Å². The molecule has 2 fully saturated rings. The van der Waals surface area contributed by atoms with Crippen LogP contribution in [0.3, 0.4) is 0 Å². The lowest BCUT2D eigenvalue weighted by atomic mass is 10.1. The smallest absolute Gasteiger partial charge is 0.356 e. The molecule has 0 spiro atoms. The van der Waals surface area contributed by atoms with E-state index < -0.39 is 0 Å². The van der Waals surface area contributed by atoms with Crippen LogP contribution in [0.2, 0.25) is 0 Å². The van der Waals surface area contributed by atoms with Crippen molar-refractivity contribution in [1.82, 2.24) is 29.4 Å². The Morgan fingerprint density at radius 3 is 1.75 bits per heavy atom. The van der Waals surface area contributed by atoms with Gasteiger partial charge in [-0.05, 0) is 154 Å². The lowest BCUT2D eigenvalue weighted by Gasteiger charge is -2.26. The molecule has 0 unspecified atom stereocenters. The molecule has 464 valence electrons. The zero-order valence-electron chi connectivity index (χ0n) is 53.4. The van der Waals surface area contributed by atoms with Gasteiger partial charge in [-0.2, -0.15) is 0 Å². The quantitative estimate of drug-likeness (QED) is 0.104. The number of aromatic nitrogens is 5. The number of pyridine rings is 3. The summed E-state index contributed by atoms with van der Waals surface area (Å²) in [7, 11) is 2.74. The highest BCUT2D eigenvalue weighted by Crippen LogP contribution is 2.26. The molecule has 1 aliphatic carbocycles. The molecule has 2 N–H and O–H groups in total. The molecule has 9 rings (SSSR count). The van der Waals surface area contributed by atoms with Crippen molar-refractivity contribution in [1.29, 1.82) is 0 Å². The van der Waals surface area contributed by atoms with Gasteiger partial charge in [0.25, 0.3) is 0 Å². The standard InChI is InChI=1S/C10H13NO.C10H12O2.C9H11NO2.C9H17NO.C7H9NO.C7H9N.C7H14.C6H8O.C5H8N2/c1-3-9-5-4-6-10(7-9)11-8(2)12;1-3-8-5-4-6-9(7-8)10(11)12-2;1-3-7-5-4-6-8(10-7)9(11)12-2;1-2-6-9(11)10-7-4-3-5-8-10;1-2-8-6-4-3-5-7(8)9;1-2-7-5-3-4-6-8-7;1-2-7-5-3-4-6-7;1-2-6-3-4-7-5-6;1-2-5-3-6-4-7-5/h4-7H,3H2,1-2H3,(H,11,12);4-7H,3H2,1-2H3;4-6H,3H2,1-2H3;2-8H2,1H3;3-6H,2H2,1H3;3-6H,2H2,1H3;7H,2-6H2,1H3;3-5H,2H2,1H3;3-4H,2H2,1H3,(H,6,7). The number of carbonyl (C=O) groups is 4. The molecule has 2 aromatic carbocycles. The summed E-state index contributed by atoms with van der Waals surface area (Å²) in [5.41, 5.74) is 8.85. The van der Waals surface area contributed by atoms with Gasteiger partial charge in [-0.15, -0.1) is 0 Å². The summed E-state index contributed by atoms with van der Waals surface area (Å²) >= 11 is 0. The predicted molar refractivity (Wildman–Crippen MR) is 346 cm³/mol. The van der Waals surface area contributed by atoms with E-state index in [1.165, 1.54) is 89.3 Å². The average Bonchev–Trinajstić information content (AvgIpc) is 4.43. The van der Waals surface area contributed by atoms with Crippen molar-refractivity contribution < 1.29 is 33.1 Å². The number of ether oxygens (including phenoxy) is 2. The molecule has 7 aromatic rings. The van der Waals surface area contributed by atoms with E-state index in [1.54, 1.807) is 59.9 Å². The summed E-state index contributed by atoms with van der Waals surface area (Å²) in [6.07, 6.45) is 29.3. The third-order valence-corrected chi connectivity index (χ3v) is 13.5. The summed E-state index contributed by atoms with van der Waals surface area (Å²) in [6, 6.07) is 33.8. The number of methoxy groups -OCH3 is 2. The molecule has 1 saturated carbocycles. The zero-order chi connectivity index (χ0) is 62.9. The Bertz CT molecular complexity index is 2750. The van der Waals surface area contributed by atoms with Crippen LogP contribution in [0.1, 0.15) is 188 Å². The maximum Gasteiger partial charge on any atom is 0.356 e. The third kappa shape index (κ3) is 35.1. The van der Waals surface area contributed by atoms with E-state index in [2.05, 4.69) is 83.2 Å². The van der Waals surface area contributed by atoms with E-state index in [9.17, 15) is 24.0 Å². The van der Waals surface area contributed by atoms with Crippen molar-refractivity contribution in [3.05, 3.63) is 202 Å². The second kappa shape index (κ2) is 48.4. The zero-order valence-corrected chi connectivity index (χ0v) is 53.4. The number of esters is 2. The summed E-state index contributed by atoms with van der Waals surface area (Å²) in [6.45, 7) is 23.0. The van der Waals surface area contributed by atoms with Crippen LogP contribution in [0.5, 0.6) is 0 Å². The van der Waals surface area contributed by atoms with Gasteiger partial charge in [-0.3, -0.25) is 19.4 Å². The van der Waals surface area contributed by atoms with Crippen molar-refractivity contribution in [3.8, 4) is 0 Å². The van der Waals surface area contributed by atoms with E-state index in [4.69, 9.17) is 4.42 Å². The minimum Gasteiger partial charge on any atom is -0.472 e. The van der Waals surface area contributed by atoms with Crippen LogP contribution in [0, 0.1) is 5.92 Å². The highest BCUT2D eigenvalue weighted by atomic mass is 16.5. The number of aryl methyl sites for hydroxylation is 7. The predicted octanol–water partition coefficient (Wildman–Crippen LogP) is 15.4. The maximum atomic E-state index is 11.3. The second-order valence-corrected chi connectivity index (χ2v) is 19.8. The number of furan rings is 1. The number of piperidine rings is 1. The lowest BCUT2D eigenvalue weighted by Crippen LogP contribution is -2.35. The topological polar surface area (TPSA) is 192 Å². The summed E-state index contributed by atoms with van der Waals surface area (Å²) < 4.78 is 15.6. The Balaban J connectivity index is 0.000000482. The number of nitrogens with zero attached hydrogens (tertiary/aromatic N) is 5. The van der Waals surface area contributed by atoms with Crippen molar-refractivity contribution in [2.24, 2.45) is 5.92 Å². The second-order valence-electron chi connectivity index (χ2n) is 19.8. The Hall–Kier alpha value is -7.94. The number of imidazole rings is 1. The molecule has 0 bridgehead atoms. The first kappa shape index (κ1) is 75.1. The molecule has 2 amide bonds. The number of rotatable bonds is 13. The molecule has 1 saturated heterocycles. The number of hydrogen-bond acceptors (Lipinski definition) is 11. The summed E-state index contributed by atoms with van der Waals surface area (Å²) in [4.78, 5) is 71.9. The highest BCUT2D eigenvalue weighted by molar-refractivity contribution is 5.89. The van der Waals surface area contributed by atoms with E-state index in [0.717, 1.165) is 99.6 Å².